The molecule has 0 aromatic heterocycles. The van der Waals surface area contributed by atoms with Gasteiger partial charge in [-0.3, -0.25) is 10.1 Å². The van der Waals surface area contributed by atoms with Crippen LogP contribution in [0.3, 0.4) is 0 Å². The fourth-order valence-corrected chi connectivity index (χ4v) is 2.07. The van der Waals surface area contributed by atoms with Gasteiger partial charge in [0, 0.05) is 17.7 Å². The van der Waals surface area contributed by atoms with Crippen LogP contribution < -0.4 is 16.8 Å². The monoisotopic (exact) mass is 253 g/mol. The first kappa shape index (κ1) is 12.9. The van der Waals surface area contributed by atoms with Crippen LogP contribution in [0.2, 0.25) is 0 Å². The molecule has 0 unspecified atom stereocenters. The normalized spacial score (nSPS) is 28.1. The second-order valence-corrected chi connectivity index (χ2v) is 4.45. The zero-order valence-electron chi connectivity index (χ0n) is 10.1. The number of benzene rings is 1. The molecular formula is C12H16FN3O2. The van der Waals surface area contributed by atoms with Crippen molar-refractivity contribution in [2.45, 2.75) is 18.7 Å². The fourth-order valence-electron chi connectivity index (χ4n) is 2.07. The smallest absolute Gasteiger partial charge is 0.248 e. The van der Waals surface area contributed by atoms with Crippen LogP contribution in [-0.2, 0) is 10.3 Å². The molecule has 18 heavy (non-hydrogen) atoms. The predicted octanol–water partition coefficient (Wildman–Crippen LogP) is 0.0444. The van der Waals surface area contributed by atoms with Gasteiger partial charge in [-0.15, -0.1) is 0 Å². The Labute approximate surface area is 104 Å². The van der Waals surface area contributed by atoms with Crippen molar-refractivity contribution in [2.75, 3.05) is 13.2 Å². The Morgan fingerprint density at radius 3 is 2.94 bits per heavy atom. The molecule has 1 aliphatic heterocycles. The molecule has 1 aromatic rings. The van der Waals surface area contributed by atoms with E-state index in [0.717, 1.165) is 0 Å². The zero-order valence-corrected chi connectivity index (χ0v) is 10.1. The molecule has 0 radical (unpaired) electrons. The number of nitrogens with two attached hydrogens (primary N) is 2. The van der Waals surface area contributed by atoms with E-state index in [1.807, 2.05) is 0 Å². The maximum atomic E-state index is 13.9. The van der Waals surface area contributed by atoms with Gasteiger partial charge in [0.25, 0.3) is 0 Å². The number of nitrogens with one attached hydrogen (secondary N) is 1. The minimum absolute atomic E-state index is 0.231. The van der Waals surface area contributed by atoms with Crippen molar-refractivity contribution in [3.8, 4) is 0 Å². The van der Waals surface area contributed by atoms with Crippen LogP contribution in [0.5, 0.6) is 0 Å². The minimum Gasteiger partial charge on any atom is -0.366 e. The number of carbonyl (C=O) groups excluding carboxylic acids is 1. The van der Waals surface area contributed by atoms with E-state index in [1.165, 1.54) is 18.2 Å². The number of rotatable bonds is 2. The second-order valence-electron chi connectivity index (χ2n) is 4.45. The number of amides is 1. The van der Waals surface area contributed by atoms with Gasteiger partial charge >= 0.3 is 0 Å². The van der Waals surface area contributed by atoms with Gasteiger partial charge in [0.2, 0.25) is 5.91 Å². The Hall–Kier alpha value is -1.50. The summed E-state index contributed by atoms with van der Waals surface area (Å²) in [6.07, 6.45) is -0.552. The third-order valence-corrected chi connectivity index (χ3v) is 3.25. The van der Waals surface area contributed by atoms with Crippen LogP contribution in [0.4, 0.5) is 4.39 Å². The zero-order chi connectivity index (χ0) is 13.3. The van der Waals surface area contributed by atoms with Crippen molar-refractivity contribution in [3.05, 3.63) is 35.1 Å². The molecule has 1 amide bonds. The summed E-state index contributed by atoms with van der Waals surface area (Å²) in [5.74, 6) is -1.08. The summed E-state index contributed by atoms with van der Waals surface area (Å²) < 4.78 is 19.5. The summed E-state index contributed by atoms with van der Waals surface area (Å²) in [5.41, 5.74) is 10.6. The van der Waals surface area contributed by atoms with Gasteiger partial charge < -0.3 is 16.2 Å². The van der Waals surface area contributed by atoms with Crippen LogP contribution in [0.25, 0.3) is 0 Å². The van der Waals surface area contributed by atoms with Crippen LogP contribution in [0.15, 0.2) is 18.2 Å². The molecule has 6 heteroatoms. The van der Waals surface area contributed by atoms with E-state index >= 15 is 0 Å². The Bertz CT molecular complexity index is 480. The van der Waals surface area contributed by atoms with E-state index in [1.54, 1.807) is 6.92 Å². The third-order valence-electron chi connectivity index (χ3n) is 3.25. The quantitative estimate of drug-likeness (QED) is 0.694. The number of halogens is 1. The van der Waals surface area contributed by atoms with Gasteiger partial charge in [-0.05, 0) is 25.1 Å². The van der Waals surface area contributed by atoms with Gasteiger partial charge in [-0.2, -0.15) is 0 Å². The van der Waals surface area contributed by atoms with Crippen LogP contribution in [0, 0.1) is 5.82 Å². The second kappa shape index (κ2) is 4.64. The molecule has 0 bridgehead atoms. The van der Waals surface area contributed by atoms with Crippen molar-refractivity contribution in [1.82, 2.24) is 5.32 Å². The highest BCUT2D eigenvalue weighted by molar-refractivity contribution is 5.93. The largest absolute Gasteiger partial charge is 0.366 e. The molecule has 1 heterocycles. The van der Waals surface area contributed by atoms with Crippen molar-refractivity contribution >= 4 is 5.91 Å². The maximum absolute atomic E-state index is 13.9. The average Bonchev–Trinajstić information content (AvgIpc) is 2.33. The predicted molar refractivity (Wildman–Crippen MR) is 64.2 cm³/mol. The van der Waals surface area contributed by atoms with E-state index in [0.29, 0.717) is 13.2 Å². The average molecular weight is 253 g/mol. The summed E-state index contributed by atoms with van der Waals surface area (Å²) in [6.45, 7) is 2.71. The van der Waals surface area contributed by atoms with Crippen LogP contribution in [0.1, 0.15) is 22.8 Å². The molecule has 1 aliphatic rings. The molecule has 2 rings (SSSR count). The number of primary amides is 1. The lowest BCUT2D eigenvalue weighted by atomic mass is 9.89. The number of hydrogen-bond acceptors (Lipinski definition) is 4. The summed E-state index contributed by atoms with van der Waals surface area (Å²) >= 11 is 0. The Balaban J connectivity index is 2.48. The van der Waals surface area contributed by atoms with Crippen molar-refractivity contribution in [2.24, 2.45) is 11.5 Å². The first-order valence-electron chi connectivity index (χ1n) is 5.68. The lowest BCUT2D eigenvalue weighted by molar-refractivity contribution is -0.0902. The summed E-state index contributed by atoms with van der Waals surface area (Å²) in [7, 11) is 0. The van der Waals surface area contributed by atoms with E-state index in [2.05, 4.69) is 5.32 Å². The standard InChI is InChI=1S/C12H16FN3O2/c1-12(11(15)16-4-5-18-12)8-6-7(10(14)17)2-3-9(8)13/h2-3,6,11,16H,4-5,15H2,1H3,(H2,14,17)/t11-,12+/m1/s1. The molecule has 98 valence electrons. The van der Waals surface area contributed by atoms with Crippen molar-refractivity contribution in [1.29, 1.82) is 0 Å². The Morgan fingerprint density at radius 2 is 2.33 bits per heavy atom. The fraction of sp³-hybridized carbons (Fsp3) is 0.417. The van der Waals surface area contributed by atoms with E-state index in [4.69, 9.17) is 16.2 Å². The highest BCUT2D eigenvalue weighted by atomic mass is 19.1. The molecule has 1 saturated heterocycles. The number of morpholine rings is 1. The molecule has 5 nitrogen and oxygen atoms in total. The molecule has 1 fully saturated rings. The number of hydrogen-bond donors (Lipinski definition) is 3. The Morgan fingerprint density at radius 1 is 1.61 bits per heavy atom. The molecule has 2 atom stereocenters. The van der Waals surface area contributed by atoms with Crippen molar-refractivity contribution in [3.63, 3.8) is 0 Å². The number of carbonyl (C=O) groups is 1. The van der Waals surface area contributed by atoms with Crippen molar-refractivity contribution < 1.29 is 13.9 Å². The molecular weight excluding hydrogens is 237 g/mol. The first-order valence-corrected chi connectivity index (χ1v) is 5.68. The van der Waals surface area contributed by atoms with E-state index in [-0.39, 0.29) is 11.1 Å². The highest BCUT2D eigenvalue weighted by Gasteiger charge is 2.39. The van der Waals surface area contributed by atoms with E-state index < -0.39 is 23.5 Å². The summed E-state index contributed by atoms with van der Waals surface area (Å²) in [6, 6.07) is 3.93. The van der Waals surface area contributed by atoms with Gasteiger partial charge in [0.1, 0.15) is 11.4 Å². The topological polar surface area (TPSA) is 90.4 Å². The third kappa shape index (κ3) is 2.10. The summed E-state index contributed by atoms with van der Waals surface area (Å²) in [4.78, 5) is 11.1. The lowest BCUT2D eigenvalue weighted by Crippen LogP contribution is -2.59. The van der Waals surface area contributed by atoms with Gasteiger partial charge in [0.05, 0.1) is 12.8 Å². The minimum atomic E-state index is -1.02. The SMILES string of the molecule is C[C@@]1(c2cc(C(N)=O)ccc2F)OCCN[C@H]1N. The molecule has 0 aliphatic carbocycles. The molecule has 5 N–H and O–H groups in total. The highest BCUT2D eigenvalue weighted by Crippen LogP contribution is 2.31. The van der Waals surface area contributed by atoms with Crippen LogP contribution in [-0.4, -0.2) is 25.2 Å². The first-order chi connectivity index (χ1) is 8.45. The van der Waals surface area contributed by atoms with Gasteiger partial charge in [-0.25, -0.2) is 4.39 Å². The lowest BCUT2D eigenvalue weighted by Gasteiger charge is -2.40. The van der Waals surface area contributed by atoms with Crippen LogP contribution >= 0.6 is 0 Å². The Kier molecular flexibility index (Phi) is 3.34. The molecule has 0 saturated carbocycles. The molecule has 0 spiro atoms. The number of ether oxygens (including phenoxy) is 1. The summed E-state index contributed by atoms with van der Waals surface area (Å²) in [5, 5.41) is 3.02. The van der Waals surface area contributed by atoms with Gasteiger partial charge in [0.15, 0.2) is 0 Å². The maximum Gasteiger partial charge on any atom is 0.248 e. The molecule has 1 aromatic carbocycles. The van der Waals surface area contributed by atoms with Gasteiger partial charge in [-0.1, -0.05) is 0 Å². The van der Waals surface area contributed by atoms with E-state index in [9.17, 15) is 9.18 Å².